The van der Waals surface area contributed by atoms with Crippen molar-refractivity contribution in [1.29, 1.82) is 0 Å². The lowest BCUT2D eigenvalue weighted by Gasteiger charge is -2.17. The van der Waals surface area contributed by atoms with Gasteiger partial charge in [0.2, 0.25) is 21.8 Å². The number of nitrogens with one attached hydrogen (secondary N) is 1. The molecular formula is C16H17FN4O4S. The first kappa shape index (κ1) is 19.5. The largest absolute Gasteiger partial charge is 0.366 e. The second-order valence-electron chi connectivity index (χ2n) is 5.49. The Morgan fingerprint density at radius 3 is 2.62 bits per heavy atom. The lowest BCUT2D eigenvalue weighted by Crippen LogP contribution is -2.35. The van der Waals surface area contributed by atoms with Gasteiger partial charge in [0.15, 0.2) is 0 Å². The lowest BCUT2D eigenvalue weighted by atomic mass is 10.1. The maximum atomic E-state index is 13.9. The number of halogens is 1. The van der Waals surface area contributed by atoms with Crippen molar-refractivity contribution >= 4 is 27.5 Å². The van der Waals surface area contributed by atoms with E-state index in [-0.39, 0.29) is 21.7 Å². The van der Waals surface area contributed by atoms with Crippen molar-refractivity contribution in [3.05, 3.63) is 53.6 Å². The first-order valence-corrected chi connectivity index (χ1v) is 8.83. The number of sulfonamides is 1. The van der Waals surface area contributed by atoms with Crippen LogP contribution in [0, 0.1) is 12.7 Å². The van der Waals surface area contributed by atoms with Crippen molar-refractivity contribution < 1.29 is 22.4 Å². The highest BCUT2D eigenvalue weighted by molar-refractivity contribution is 7.89. The van der Waals surface area contributed by atoms with Gasteiger partial charge in [0.1, 0.15) is 10.7 Å². The third kappa shape index (κ3) is 4.21. The van der Waals surface area contributed by atoms with Gasteiger partial charge in [-0.2, -0.15) is 4.31 Å². The smallest absolute Gasteiger partial charge is 0.248 e. The maximum absolute atomic E-state index is 13.9. The molecule has 0 atom stereocenters. The number of aromatic nitrogens is 1. The average molecular weight is 380 g/mol. The van der Waals surface area contributed by atoms with E-state index >= 15 is 0 Å². The third-order valence-electron chi connectivity index (χ3n) is 3.61. The van der Waals surface area contributed by atoms with Gasteiger partial charge < -0.3 is 11.1 Å². The molecule has 26 heavy (non-hydrogen) atoms. The Morgan fingerprint density at radius 1 is 1.35 bits per heavy atom. The number of carbonyl (C=O) groups is 2. The number of rotatable bonds is 6. The molecule has 0 aliphatic carbocycles. The van der Waals surface area contributed by atoms with Gasteiger partial charge >= 0.3 is 0 Å². The summed E-state index contributed by atoms with van der Waals surface area (Å²) < 4.78 is 39.4. The third-order valence-corrected chi connectivity index (χ3v) is 5.40. The maximum Gasteiger partial charge on any atom is 0.248 e. The van der Waals surface area contributed by atoms with Crippen LogP contribution in [0.2, 0.25) is 0 Å². The van der Waals surface area contributed by atoms with Gasteiger partial charge in [-0.25, -0.2) is 12.8 Å². The molecule has 3 N–H and O–H groups in total. The normalized spacial score (nSPS) is 11.4. The van der Waals surface area contributed by atoms with E-state index in [0.717, 1.165) is 10.4 Å². The van der Waals surface area contributed by atoms with Crippen LogP contribution in [0.1, 0.15) is 15.9 Å². The van der Waals surface area contributed by atoms with Crippen molar-refractivity contribution in [3.8, 4) is 0 Å². The average Bonchev–Trinajstić information content (AvgIpc) is 2.59. The van der Waals surface area contributed by atoms with Crippen molar-refractivity contribution in [2.45, 2.75) is 11.8 Å². The molecule has 138 valence electrons. The van der Waals surface area contributed by atoms with Crippen molar-refractivity contribution in [2.75, 3.05) is 18.9 Å². The van der Waals surface area contributed by atoms with Crippen LogP contribution in [-0.4, -0.2) is 43.1 Å². The highest BCUT2D eigenvalue weighted by atomic mass is 32.2. The number of hydrogen-bond donors (Lipinski definition) is 2. The SMILES string of the molecule is Cc1c(F)cc(C(N)=O)cc1NC(=O)CN(C)S(=O)(=O)c1cccnc1. The van der Waals surface area contributed by atoms with E-state index in [1.54, 1.807) is 0 Å². The molecule has 1 aromatic carbocycles. The molecular weight excluding hydrogens is 363 g/mol. The summed E-state index contributed by atoms with van der Waals surface area (Å²) in [6.45, 7) is 0.894. The molecule has 0 fully saturated rings. The predicted octanol–water partition coefficient (Wildman–Crippen LogP) is 0.887. The van der Waals surface area contributed by atoms with E-state index in [1.807, 2.05) is 0 Å². The minimum Gasteiger partial charge on any atom is -0.366 e. The Labute approximate surface area is 149 Å². The molecule has 10 heteroatoms. The van der Waals surface area contributed by atoms with Crippen LogP contribution < -0.4 is 11.1 Å². The molecule has 1 heterocycles. The monoisotopic (exact) mass is 380 g/mol. The Hall–Kier alpha value is -2.85. The van der Waals surface area contributed by atoms with Crippen LogP contribution in [0.5, 0.6) is 0 Å². The molecule has 2 amide bonds. The van der Waals surface area contributed by atoms with Gasteiger partial charge in [0.25, 0.3) is 0 Å². The number of carbonyl (C=O) groups excluding carboxylic acids is 2. The molecule has 0 aliphatic heterocycles. The molecule has 1 aromatic heterocycles. The summed E-state index contributed by atoms with van der Waals surface area (Å²) in [5.41, 5.74) is 5.15. The molecule has 0 saturated carbocycles. The Kier molecular flexibility index (Phi) is 5.68. The van der Waals surface area contributed by atoms with Crippen LogP contribution in [0.25, 0.3) is 0 Å². The number of pyridine rings is 1. The Bertz CT molecular complexity index is 948. The zero-order valence-electron chi connectivity index (χ0n) is 14.1. The summed E-state index contributed by atoms with van der Waals surface area (Å²) >= 11 is 0. The fourth-order valence-corrected chi connectivity index (χ4v) is 3.20. The minimum atomic E-state index is -3.90. The zero-order chi connectivity index (χ0) is 19.5. The number of amides is 2. The number of benzene rings is 1. The summed E-state index contributed by atoms with van der Waals surface area (Å²) in [7, 11) is -2.67. The number of primary amides is 1. The standard InChI is InChI=1S/C16H17FN4O4S/c1-10-13(17)6-11(16(18)23)7-14(10)20-15(22)9-21(2)26(24,25)12-4-3-5-19-8-12/h3-8H,9H2,1-2H3,(H2,18,23)(H,20,22). The van der Waals surface area contributed by atoms with Gasteiger partial charge in [0.05, 0.1) is 6.54 Å². The topological polar surface area (TPSA) is 122 Å². The number of nitrogens with zero attached hydrogens (tertiary/aromatic N) is 2. The molecule has 0 bridgehead atoms. The van der Waals surface area contributed by atoms with Crippen LogP contribution in [0.4, 0.5) is 10.1 Å². The van der Waals surface area contributed by atoms with Gasteiger partial charge in [-0.1, -0.05) is 0 Å². The zero-order valence-corrected chi connectivity index (χ0v) is 14.9. The summed E-state index contributed by atoms with van der Waals surface area (Å²) in [4.78, 5) is 27.1. The lowest BCUT2D eigenvalue weighted by molar-refractivity contribution is -0.116. The fourth-order valence-electron chi connectivity index (χ4n) is 2.11. The number of nitrogens with two attached hydrogens (primary N) is 1. The number of anilines is 1. The predicted molar refractivity (Wildman–Crippen MR) is 92.3 cm³/mol. The van der Waals surface area contributed by atoms with Crippen LogP contribution in [-0.2, 0) is 14.8 Å². The highest BCUT2D eigenvalue weighted by Gasteiger charge is 2.23. The molecule has 2 aromatic rings. The van der Waals surface area contributed by atoms with E-state index in [2.05, 4.69) is 10.3 Å². The molecule has 0 unspecified atom stereocenters. The van der Waals surface area contributed by atoms with E-state index in [9.17, 15) is 22.4 Å². The van der Waals surface area contributed by atoms with Crippen LogP contribution >= 0.6 is 0 Å². The van der Waals surface area contributed by atoms with Crippen LogP contribution in [0.15, 0.2) is 41.6 Å². The fraction of sp³-hybridized carbons (Fsp3) is 0.188. The van der Waals surface area contributed by atoms with E-state index < -0.39 is 34.2 Å². The van der Waals surface area contributed by atoms with Gasteiger partial charge in [0, 0.05) is 36.3 Å². The minimum absolute atomic E-state index is 0.0379. The Morgan fingerprint density at radius 2 is 2.04 bits per heavy atom. The summed E-state index contributed by atoms with van der Waals surface area (Å²) in [5.74, 6) is -2.27. The van der Waals surface area contributed by atoms with Gasteiger partial charge in [-0.05, 0) is 31.2 Å². The van der Waals surface area contributed by atoms with E-state index in [1.165, 1.54) is 44.6 Å². The molecule has 8 nitrogen and oxygen atoms in total. The first-order chi connectivity index (χ1) is 12.1. The van der Waals surface area contributed by atoms with Gasteiger partial charge in [-0.15, -0.1) is 0 Å². The quantitative estimate of drug-likeness (QED) is 0.770. The molecule has 2 rings (SSSR count). The summed E-state index contributed by atoms with van der Waals surface area (Å²) in [6.07, 6.45) is 2.59. The Balaban J connectivity index is 2.18. The number of hydrogen-bond acceptors (Lipinski definition) is 5. The molecule has 0 radical (unpaired) electrons. The molecule has 0 aliphatic rings. The second kappa shape index (κ2) is 7.58. The molecule has 0 saturated heterocycles. The van der Waals surface area contributed by atoms with E-state index in [4.69, 9.17) is 5.73 Å². The highest BCUT2D eigenvalue weighted by Crippen LogP contribution is 2.21. The van der Waals surface area contributed by atoms with Gasteiger partial charge in [-0.3, -0.25) is 14.6 Å². The van der Waals surface area contributed by atoms with E-state index in [0.29, 0.717) is 0 Å². The van der Waals surface area contributed by atoms with Crippen molar-refractivity contribution in [1.82, 2.24) is 9.29 Å². The second-order valence-corrected chi connectivity index (χ2v) is 7.54. The van der Waals surface area contributed by atoms with Crippen molar-refractivity contribution in [2.24, 2.45) is 5.73 Å². The summed E-state index contributed by atoms with van der Waals surface area (Å²) in [6, 6.07) is 5.01. The van der Waals surface area contributed by atoms with Crippen molar-refractivity contribution in [3.63, 3.8) is 0 Å². The van der Waals surface area contributed by atoms with Crippen LogP contribution in [0.3, 0.4) is 0 Å². The molecule has 0 spiro atoms. The number of likely N-dealkylation sites (N-methyl/N-ethyl adjacent to an activating group) is 1. The first-order valence-electron chi connectivity index (χ1n) is 7.39. The summed E-state index contributed by atoms with van der Waals surface area (Å²) in [5, 5.41) is 2.39.